The van der Waals surface area contributed by atoms with Crippen LogP contribution in [0.5, 0.6) is 0 Å². The van der Waals surface area contributed by atoms with Gasteiger partial charge in [-0.3, -0.25) is 4.84 Å². The number of piperidine rings is 1. The van der Waals surface area contributed by atoms with Crippen LogP contribution in [0.2, 0.25) is 0 Å². The van der Waals surface area contributed by atoms with Crippen LogP contribution in [0.4, 0.5) is 10.5 Å². The van der Waals surface area contributed by atoms with E-state index < -0.39 is 6.03 Å². The summed E-state index contributed by atoms with van der Waals surface area (Å²) in [7, 11) is 0. The van der Waals surface area contributed by atoms with Crippen molar-refractivity contribution in [3.8, 4) is 0 Å². The summed E-state index contributed by atoms with van der Waals surface area (Å²) < 4.78 is 0. The molecule has 0 saturated carbocycles. The van der Waals surface area contributed by atoms with Crippen LogP contribution >= 0.6 is 0 Å². The number of carbonyl (C=O) groups excluding carboxylic acids is 1. The Morgan fingerprint density at radius 3 is 2.53 bits per heavy atom. The fourth-order valence-corrected chi connectivity index (χ4v) is 1.85. The lowest BCUT2D eigenvalue weighted by Gasteiger charge is -2.28. The highest BCUT2D eigenvalue weighted by atomic mass is 16.7. The highest BCUT2D eigenvalue weighted by Gasteiger charge is 2.21. The molecule has 1 aromatic rings. The highest BCUT2D eigenvalue weighted by Crippen LogP contribution is 2.17. The second-order valence-electron chi connectivity index (χ2n) is 4.02. The van der Waals surface area contributed by atoms with Gasteiger partial charge in [-0.1, -0.05) is 18.2 Å². The zero-order chi connectivity index (χ0) is 12.1. The van der Waals surface area contributed by atoms with Gasteiger partial charge >= 0.3 is 6.03 Å². The number of nitrogens with two attached hydrogens (primary N) is 1. The average molecular weight is 235 g/mol. The van der Waals surface area contributed by atoms with Crippen LogP contribution in [0.1, 0.15) is 12.8 Å². The van der Waals surface area contributed by atoms with Crippen LogP contribution < -0.4 is 16.1 Å². The van der Waals surface area contributed by atoms with Crippen LogP contribution in [0, 0.1) is 0 Å². The summed E-state index contributed by atoms with van der Waals surface area (Å²) in [6.07, 6.45) is 1.82. The maximum Gasteiger partial charge on any atom is 0.343 e. The molecule has 1 saturated heterocycles. The largest absolute Gasteiger partial charge is 0.349 e. The molecule has 1 aliphatic rings. The molecule has 0 atom stereocenters. The van der Waals surface area contributed by atoms with Crippen LogP contribution in [-0.2, 0) is 4.84 Å². The van der Waals surface area contributed by atoms with Gasteiger partial charge in [-0.2, -0.15) is 5.06 Å². The van der Waals surface area contributed by atoms with Gasteiger partial charge in [-0.25, -0.2) is 4.79 Å². The van der Waals surface area contributed by atoms with E-state index in [1.807, 2.05) is 18.2 Å². The zero-order valence-corrected chi connectivity index (χ0v) is 9.63. The SMILES string of the molecule is NC(=O)N(OC1CCNCC1)c1ccccc1. The molecule has 17 heavy (non-hydrogen) atoms. The lowest BCUT2D eigenvalue weighted by Crippen LogP contribution is -2.42. The third kappa shape index (κ3) is 3.18. The summed E-state index contributed by atoms with van der Waals surface area (Å²) in [6.45, 7) is 1.82. The molecule has 0 unspecified atom stereocenters. The molecule has 0 radical (unpaired) electrons. The van der Waals surface area contributed by atoms with Gasteiger partial charge in [0.05, 0.1) is 11.8 Å². The predicted octanol–water partition coefficient (Wildman–Crippen LogP) is 1.26. The van der Waals surface area contributed by atoms with Crippen molar-refractivity contribution in [2.24, 2.45) is 5.73 Å². The Bertz CT molecular complexity index is 363. The van der Waals surface area contributed by atoms with Gasteiger partial charge in [-0.15, -0.1) is 0 Å². The number of rotatable bonds is 3. The van der Waals surface area contributed by atoms with Crippen molar-refractivity contribution in [3.05, 3.63) is 30.3 Å². The number of nitrogens with zero attached hydrogens (tertiary/aromatic N) is 1. The second-order valence-corrected chi connectivity index (χ2v) is 4.02. The summed E-state index contributed by atoms with van der Waals surface area (Å²) in [5.74, 6) is 0. The maximum atomic E-state index is 11.4. The number of nitrogens with one attached hydrogen (secondary N) is 1. The molecule has 0 aromatic heterocycles. The maximum absolute atomic E-state index is 11.4. The van der Waals surface area contributed by atoms with E-state index in [1.165, 1.54) is 5.06 Å². The number of carbonyl (C=O) groups is 1. The Hall–Kier alpha value is -1.59. The van der Waals surface area contributed by atoms with Crippen molar-refractivity contribution >= 4 is 11.7 Å². The van der Waals surface area contributed by atoms with Gasteiger partial charge in [0.2, 0.25) is 0 Å². The summed E-state index contributed by atoms with van der Waals surface area (Å²) in [5.41, 5.74) is 6.00. The van der Waals surface area contributed by atoms with Crippen molar-refractivity contribution in [2.45, 2.75) is 18.9 Å². The highest BCUT2D eigenvalue weighted by molar-refractivity contribution is 5.88. The molecule has 0 spiro atoms. The minimum atomic E-state index is -0.588. The Morgan fingerprint density at radius 1 is 1.29 bits per heavy atom. The Kier molecular flexibility index (Phi) is 3.95. The topological polar surface area (TPSA) is 67.6 Å². The van der Waals surface area contributed by atoms with Crippen LogP contribution in [0.3, 0.4) is 0 Å². The number of para-hydroxylation sites is 1. The molecule has 2 rings (SSSR count). The van der Waals surface area contributed by atoms with E-state index in [-0.39, 0.29) is 6.10 Å². The van der Waals surface area contributed by atoms with Gasteiger partial charge < -0.3 is 11.1 Å². The van der Waals surface area contributed by atoms with Crippen molar-refractivity contribution in [3.63, 3.8) is 0 Å². The van der Waals surface area contributed by atoms with Gasteiger partial charge in [0.15, 0.2) is 0 Å². The Morgan fingerprint density at radius 2 is 1.94 bits per heavy atom. The standard InChI is InChI=1S/C12H17N3O2/c13-12(16)15(10-4-2-1-3-5-10)17-11-6-8-14-9-7-11/h1-5,11,14H,6-9H2,(H2,13,16). The number of hydrogen-bond donors (Lipinski definition) is 2. The molecule has 5 heteroatoms. The first-order valence-electron chi connectivity index (χ1n) is 5.79. The van der Waals surface area contributed by atoms with Crippen LogP contribution in [0.25, 0.3) is 0 Å². The fourth-order valence-electron chi connectivity index (χ4n) is 1.85. The summed E-state index contributed by atoms with van der Waals surface area (Å²) in [4.78, 5) is 17.0. The van der Waals surface area contributed by atoms with Crippen molar-refractivity contribution in [1.82, 2.24) is 5.32 Å². The fraction of sp³-hybridized carbons (Fsp3) is 0.417. The molecule has 92 valence electrons. The number of amides is 2. The third-order valence-electron chi connectivity index (χ3n) is 2.73. The molecule has 2 amide bonds. The molecule has 0 bridgehead atoms. The average Bonchev–Trinajstić information content (AvgIpc) is 2.38. The summed E-state index contributed by atoms with van der Waals surface area (Å²) in [6, 6.07) is 8.58. The van der Waals surface area contributed by atoms with E-state index >= 15 is 0 Å². The van der Waals surface area contributed by atoms with Crippen molar-refractivity contribution in [1.29, 1.82) is 0 Å². The monoisotopic (exact) mass is 235 g/mol. The van der Waals surface area contributed by atoms with Gasteiger partial charge in [-0.05, 0) is 38.1 Å². The molecular weight excluding hydrogens is 218 g/mol. The minimum absolute atomic E-state index is 0.0453. The first-order valence-corrected chi connectivity index (χ1v) is 5.79. The van der Waals surface area contributed by atoms with Gasteiger partial charge in [0.1, 0.15) is 0 Å². The number of hydrogen-bond acceptors (Lipinski definition) is 3. The van der Waals surface area contributed by atoms with E-state index in [1.54, 1.807) is 12.1 Å². The summed E-state index contributed by atoms with van der Waals surface area (Å²) in [5, 5.41) is 4.42. The first-order chi connectivity index (χ1) is 8.27. The van der Waals surface area contributed by atoms with Crippen molar-refractivity contribution < 1.29 is 9.63 Å². The third-order valence-corrected chi connectivity index (χ3v) is 2.73. The van der Waals surface area contributed by atoms with Crippen LogP contribution in [-0.4, -0.2) is 25.2 Å². The lowest BCUT2D eigenvalue weighted by molar-refractivity contribution is 0.0284. The molecule has 5 nitrogen and oxygen atoms in total. The van der Waals surface area contributed by atoms with E-state index in [4.69, 9.17) is 10.6 Å². The van der Waals surface area contributed by atoms with E-state index in [9.17, 15) is 4.79 Å². The summed E-state index contributed by atoms with van der Waals surface area (Å²) >= 11 is 0. The smallest absolute Gasteiger partial charge is 0.343 e. The first kappa shape index (κ1) is 11.9. The number of anilines is 1. The zero-order valence-electron chi connectivity index (χ0n) is 9.63. The Labute approximate surface area is 100 Å². The predicted molar refractivity (Wildman–Crippen MR) is 65.5 cm³/mol. The number of primary amides is 1. The Balaban J connectivity index is 2.05. The molecule has 0 aliphatic carbocycles. The number of urea groups is 1. The second kappa shape index (κ2) is 5.65. The van der Waals surface area contributed by atoms with E-state index in [2.05, 4.69) is 5.32 Å². The quantitative estimate of drug-likeness (QED) is 0.775. The van der Waals surface area contributed by atoms with Gasteiger partial charge in [0, 0.05) is 0 Å². The normalized spacial score (nSPS) is 16.7. The van der Waals surface area contributed by atoms with Gasteiger partial charge in [0.25, 0.3) is 0 Å². The molecule has 1 aromatic carbocycles. The lowest BCUT2D eigenvalue weighted by atomic mass is 10.1. The molecular formula is C12H17N3O2. The number of hydroxylamine groups is 1. The molecule has 1 heterocycles. The molecule has 3 N–H and O–H groups in total. The van der Waals surface area contributed by atoms with E-state index in [0.29, 0.717) is 5.69 Å². The van der Waals surface area contributed by atoms with E-state index in [0.717, 1.165) is 25.9 Å². The van der Waals surface area contributed by atoms with Crippen LogP contribution in [0.15, 0.2) is 30.3 Å². The minimum Gasteiger partial charge on any atom is -0.349 e. The molecule has 1 fully saturated rings. The molecule has 1 aliphatic heterocycles. The van der Waals surface area contributed by atoms with Crippen molar-refractivity contribution in [2.75, 3.05) is 18.2 Å². The number of benzene rings is 1.